The summed E-state index contributed by atoms with van der Waals surface area (Å²) in [5.74, 6) is -1.00. The van der Waals surface area contributed by atoms with E-state index in [1.165, 1.54) is 11.8 Å². The molecule has 32 heavy (non-hydrogen) atoms. The summed E-state index contributed by atoms with van der Waals surface area (Å²) in [5.41, 5.74) is 4.25. The van der Waals surface area contributed by atoms with Crippen LogP contribution in [0.2, 0.25) is 5.02 Å². The highest BCUT2D eigenvalue weighted by molar-refractivity contribution is 8.00. The van der Waals surface area contributed by atoms with Crippen molar-refractivity contribution in [1.29, 1.82) is 0 Å². The van der Waals surface area contributed by atoms with Crippen molar-refractivity contribution in [1.82, 2.24) is 9.55 Å². The van der Waals surface area contributed by atoms with Crippen molar-refractivity contribution in [2.75, 3.05) is 11.9 Å². The number of fused-ring (bicyclic) bond motifs is 1. The number of nitrogens with one attached hydrogen (secondary N) is 1. The number of thioether (sulfide) groups is 1. The minimum absolute atomic E-state index is 0.179. The van der Waals surface area contributed by atoms with E-state index in [9.17, 15) is 14.7 Å². The first kappa shape index (κ1) is 21.9. The van der Waals surface area contributed by atoms with Crippen molar-refractivity contribution >= 4 is 52.3 Å². The highest BCUT2D eigenvalue weighted by Gasteiger charge is 2.19. The van der Waals surface area contributed by atoms with Crippen LogP contribution in [0.25, 0.3) is 16.7 Å². The fraction of sp³-hybridized carbons (Fsp3) is 0.125. The molecule has 1 aromatic heterocycles. The first-order valence-corrected chi connectivity index (χ1v) is 11.1. The molecule has 0 saturated heterocycles. The van der Waals surface area contributed by atoms with Gasteiger partial charge in [-0.1, -0.05) is 47.6 Å². The molecule has 2 N–H and O–H groups in total. The number of aromatic carboxylic acids is 1. The lowest BCUT2D eigenvalue weighted by Crippen LogP contribution is -2.19. The van der Waals surface area contributed by atoms with Gasteiger partial charge in [-0.2, -0.15) is 0 Å². The predicted octanol–water partition coefficient (Wildman–Crippen LogP) is 5.46. The largest absolute Gasteiger partial charge is 0.478 e. The van der Waals surface area contributed by atoms with Crippen LogP contribution in [0.5, 0.6) is 0 Å². The Kier molecular flexibility index (Phi) is 6.48. The second kappa shape index (κ2) is 9.46. The minimum Gasteiger partial charge on any atom is -0.478 e. The zero-order chi connectivity index (χ0) is 22.7. The number of carboxylic acid groups (broad SMARTS) is 1. The molecule has 0 bridgehead atoms. The van der Waals surface area contributed by atoms with Gasteiger partial charge in [-0.25, -0.2) is 9.78 Å². The van der Waals surface area contributed by atoms with Crippen molar-refractivity contribution in [2.45, 2.75) is 17.3 Å². The molecule has 1 atom stereocenters. The maximum atomic E-state index is 11.9. The molecular formula is C24H20ClN3O3S. The van der Waals surface area contributed by atoms with E-state index >= 15 is 0 Å². The van der Waals surface area contributed by atoms with Crippen LogP contribution in [-0.2, 0) is 4.79 Å². The summed E-state index contributed by atoms with van der Waals surface area (Å²) in [5, 5.41) is 13.4. The molecule has 0 aliphatic carbocycles. The van der Waals surface area contributed by atoms with Gasteiger partial charge in [0.1, 0.15) is 6.29 Å². The summed E-state index contributed by atoms with van der Waals surface area (Å²) < 4.78 is 1.88. The third kappa shape index (κ3) is 4.64. The Labute approximate surface area is 194 Å². The van der Waals surface area contributed by atoms with Gasteiger partial charge in [-0.3, -0.25) is 4.57 Å². The fourth-order valence-electron chi connectivity index (χ4n) is 3.34. The second-order valence-corrected chi connectivity index (χ2v) is 8.84. The van der Waals surface area contributed by atoms with Gasteiger partial charge in [0.25, 0.3) is 0 Å². The molecule has 8 heteroatoms. The van der Waals surface area contributed by atoms with Crippen molar-refractivity contribution in [3.8, 4) is 5.69 Å². The van der Waals surface area contributed by atoms with Crippen LogP contribution in [0.15, 0.2) is 71.9 Å². The molecule has 0 aliphatic heterocycles. The zero-order valence-electron chi connectivity index (χ0n) is 17.2. The number of aromatic nitrogens is 2. The molecular weight excluding hydrogens is 446 g/mol. The van der Waals surface area contributed by atoms with Crippen LogP contribution >= 0.6 is 23.4 Å². The van der Waals surface area contributed by atoms with Crippen LogP contribution in [0, 0.1) is 6.92 Å². The number of hydrogen-bond donors (Lipinski definition) is 2. The summed E-state index contributed by atoms with van der Waals surface area (Å²) in [6.07, 6.45) is 0.872. The van der Waals surface area contributed by atoms with Crippen molar-refractivity contribution in [3.05, 3.63) is 82.9 Å². The second-order valence-electron chi connectivity index (χ2n) is 7.23. The number of carbonyl (C=O) groups is 2. The lowest BCUT2D eigenvalue weighted by molar-refractivity contribution is -0.107. The topological polar surface area (TPSA) is 84.2 Å². The third-order valence-corrected chi connectivity index (χ3v) is 6.29. The maximum Gasteiger partial charge on any atom is 0.335 e. The van der Waals surface area contributed by atoms with Crippen LogP contribution < -0.4 is 5.32 Å². The van der Waals surface area contributed by atoms with Gasteiger partial charge in [0, 0.05) is 12.2 Å². The number of aryl methyl sites for hydroxylation is 1. The average molecular weight is 466 g/mol. The fourth-order valence-corrected chi connectivity index (χ4v) is 4.59. The summed E-state index contributed by atoms with van der Waals surface area (Å²) in [4.78, 5) is 28.0. The van der Waals surface area contributed by atoms with Gasteiger partial charge in [0.2, 0.25) is 0 Å². The molecule has 6 nitrogen and oxygen atoms in total. The third-order valence-electron chi connectivity index (χ3n) is 4.91. The van der Waals surface area contributed by atoms with Gasteiger partial charge < -0.3 is 15.2 Å². The molecule has 0 radical (unpaired) electrons. The Morgan fingerprint density at radius 2 is 2.00 bits per heavy atom. The minimum atomic E-state index is -1.00. The summed E-state index contributed by atoms with van der Waals surface area (Å²) >= 11 is 7.60. The maximum absolute atomic E-state index is 11.9. The molecule has 3 aromatic carbocycles. The summed E-state index contributed by atoms with van der Waals surface area (Å²) in [7, 11) is 0. The summed E-state index contributed by atoms with van der Waals surface area (Å²) in [6.45, 7) is 2.32. The van der Waals surface area contributed by atoms with E-state index in [1.54, 1.807) is 18.2 Å². The number of carbonyl (C=O) groups excluding carboxylic acids is 1. The van der Waals surface area contributed by atoms with E-state index in [4.69, 9.17) is 16.6 Å². The van der Waals surface area contributed by atoms with Crippen LogP contribution in [0.4, 0.5) is 5.69 Å². The normalized spacial score (nSPS) is 11.9. The van der Waals surface area contributed by atoms with Gasteiger partial charge in [-0.05, 0) is 55.0 Å². The number of benzene rings is 3. The Morgan fingerprint density at radius 3 is 2.75 bits per heavy atom. The lowest BCUT2D eigenvalue weighted by atomic mass is 10.2. The van der Waals surface area contributed by atoms with Crippen molar-refractivity contribution < 1.29 is 14.7 Å². The molecule has 1 unspecified atom stereocenters. The molecule has 1 heterocycles. The molecule has 4 rings (SSSR count). The molecule has 0 spiro atoms. The average Bonchev–Trinajstić information content (AvgIpc) is 3.15. The number of rotatable bonds is 8. The molecule has 0 saturated carbocycles. The molecule has 0 aliphatic rings. The first-order valence-electron chi connectivity index (χ1n) is 9.89. The monoisotopic (exact) mass is 465 g/mol. The lowest BCUT2D eigenvalue weighted by Gasteiger charge is -2.15. The molecule has 162 valence electrons. The van der Waals surface area contributed by atoms with E-state index in [0.29, 0.717) is 22.4 Å². The number of para-hydroxylation sites is 2. The first-order chi connectivity index (χ1) is 15.5. The van der Waals surface area contributed by atoms with Crippen molar-refractivity contribution in [2.24, 2.45) is 0 Å². The SMILES string of the molecule is Cc1ccc(NCC(C=O)Sc2nc3ccccc3n2-c2cccc(C(=O)O)c2)c(Cl)c1. The zero-order valence-corrected chi connectivity index (χ0v) is 18.7. The van der Waals surface area contributed by atoms with Gasteiger partial charge >= 0.3 is 5.97 Å². The Bertz CT molecular complexity index is 1300. The predicted molar refractivity (Wildman–Crippen MR) is 128 cm³/mol. The quantitative estimate of drug-likeness (QED) is 0.265. The number of hydrogen-bond acceptors (Lipinski definition) is 5. The number of imidazole rings is 1. The van der Waals surface area contributed by atoms with E-state index in [0.717, 1.165) is 28.6 Å². The van der Waals surface area contributed by atoms with E-state index in [-0.39, 0.29) is 5.56 Å². The number of aldehydes is 1. The number of halogens is 1. The van der Waals surface area contributed by atoms with Crippen LogP contribution in [-0.4, -0.2) is 38.7 Å². The Balaban J connectivity index is 1.66. The Hall–Kier alpha value is -3.29. The van der Waals surface area contributed by atoms with Crippen molar-refractivity contribution in [3.63, 3.8) is 0 Å². The van der Waals surface area contributed by atoms with Gasteiger partial charge in [-0.15, -0.1) is 0 Å². The molecule has 0 amide bonds. The van der Waals surface area contributed by atoms with Gasteiger partial charge in [0.05, 0.1) is 32.6 Å². The van der Waals surface area contributed by atoms with Gasteiger partial charge in [0.15, 0.2) is 5.16 Å². The van der Waals surface area contributed by atoms with E-state index < -0.39 is 11.2 Å². The molecule has 4 aromatic rings. The highest BCUT2D eigenvalue weighted by atomic mass is 35.5. The smallest absolute Gasteiger partial charge is 0.335 e. The standard InChI is InChI=1S/C24H20ClN3O3S/c1-15-9-10-20(19(25)11-15)26-13-18(14-29)32-24-27-21-7-2-3-8-22(21)28(24)17-6-4-5-16(12-17)23(30)31/h2-12,14,18,26H,13H2,1H3,(H,30,31). The van der Waals surface area contributed by atoms with Crippen LogP contribution in [0.3, 0.4) is 0 Å². The number of nitrogens with zero attached hydrogens (tertiary/aromatic N) is 2. The Morgan fingerprint density at radius 1 is 1.19 bits per heavy atom. The number of anilines is 1. The highest BCUT2D eigenvalue weighted by Crippen LogP contribution is 2.31. The molecule has 0 fully saturated rings. The van der Waals surface area contributed by atoms with E-state index in [1.807, 2.05) is 60.0 Å². The number of carboxylic acids is 1. The van der Waals surface area contributed by atoms with Crippen LogP contribution in [0.1, 0.15) is 15.9 Å². The van der Waals surface area contributed by atoms with E-state index in [2.05, 4.69) is 5.32 Å². The summed E-state index contributed by atoms with van der Waals surface area (Å²) in [6, 6.07) is 19.9.